The molecule has 2 heterocycles. The fraction of sp³-hybridized carbons (Fsp3) is 0.280. The number of amides is 2. The Kier molecular flexibility index (Phi) is 7.60. The maximum atomic E-state index is 13.0. The number of hydrogen-bond acceptors (Lipinski definition) is 7. The predicted octanol–water partition coefficient (Wildman–Crippen LogP) is 3.18. The lowest BCUT2D eigenvalue weighted by atomic mass is 9.96. The van der Waals surface area contributed by atoms with Crippen molar-refractivity contribution in [3.63, 3.8) is 0 Å². The summed E-state index contributed by atoms with van der Waals surface area (Å²) in [4.78, 5) is 33.3. The van der Waals surface area contributed by atoms with Gasteiger partial charge in [0.1, 0.15) is 23.4 Å². The van der Waals surface area contributed by atoms with Gasteiger partial charge in [0.2, 0.25) is 5.91 Å². The van der Waals surface area contributed by atoms with E-state index in [2.05, 4.69) is 20.6 Å². The van der Waals surface area contributed by atoms with Gasteiger partial charge >= 0.3 is 0 Å². The highest BCUT2D eigenvalue weighted by molar-refractivity contribution is 6.32. The Morgan fingerprint density at radius 2 is 1.94 bits per heavy atom. The number of rotatable bonds is 8. The molecule has 1 aromatic heterocycles. The molecular weight excluding hydrogens is 472 g/mol. The highest BCUT2D eigenvalue weighted by atomic mass is 35.5. The molecule has 1 aliphatic rings. The first-order valence-corrected chi connectivity index (χ1v) is 11.4. The van der Waals surface area contributed by atoms with E-state index in [1.54, 1.807) is 37.3 Å². The van der Waals surface area contributed by atoms with Crippen LogP contribution in [0.15, 0.2) is 61.2 Å². The zero-order valence-electron chi connectivity index (χ0n) is 19.0. The molecule has 0 spiro atoms. The van der Waals surface area contributed by atoms with Gasteiger partial charge in [-0.15, -0.1) is 0 Å². The third-order valence-corrected chi connectivity index (χ3v) is 5.97. The van der Waals surface area contributed by atoms with E-state index in [4.69, 9.17) is 21.1 Å². The van der Waals surface area contributed by atoms with E-state index in [9.17, 15) is 14.7 Å². The van der Waals surface area contributed by atoms with Gasteiger partial charge in [0.25, 0.3) is 5.91 Å². The molecule has 3 aromatic rings. The van der Waals surface area contributed by atoms with Crippen LogP contribution in [0.3, 0.4) is 0 Å². The molecule has 182 valence electrons. The molecule has 10 heteroatoms. The Morgan fingerprint density at radius 3 is 2.57 bits per heavy atom. The molecular formula is C25H25ClN4O5. The lowest BCUT2D eigenvalue weighted by Crippen LogP contribution is -2.59. The van der Waals surface area contributed by atoms with Crippen molar-refractivity contribution in [1.82, 2.24) is 20.6 Å². The zero-order chi connectivity index (χ0) is 24.8. The number of carbonyl (C=O) groups excluding carboxylic acids is 2. The maximum Gasteiger partial charge on any atom is 0.255 e. The summed E-state index contributed by atoms with van der Waals surface area (Å²) in [6.07, 6.45) is 3.85. The van der Waals surface area contributed by atoms with Crippen LogP contribution in [0.25, 0.3) is 0 Å². The Hall–Kier alpha value is -3.53. The van der Waals surface area contributed by atoms with Gasteiger partial charge in [-0.3, -0.25) is 9.59 Å². The molecule has 0 aliphatic carbocycles. The van der Waals surface area contributed by atoms with E-state index >= 15 is 0 Å². The molecule has 1 aliphatic heterocycles. The molecule has 9 nitrogen and oxygen atoms in total. The summed E-state index contributed by atoms with van der Waals surface area (Å²) in [7, 11) is 0. The number of benzene rings is 2. The van der Waals surface area contributed by atoms with E-state index in [0.29, 0.717) is 35.1 Å². The number of nitrogens with zero attached hydrogens (tertiary/aromatic N) is 2. The van der Waals surface area contributed by atoms with Crippen molar-refractivity contribution < 1.29 is 24.2 Å². The van der Waals surface area contributed by atoms with E-state index in [-0.39, 0.29) is 24.6 Å². The van der Waals surface area contributed by atoms with Gasteiger partial charge in [-0.1, -0.05) is 29.8 Å². The molecule has 4 rings (SSSR count). The fourth-order valence-corrected chi connectivity index (χ4v) is 3.85. The molecule has 2 atom stereocenters. The average Bonchev–Trinajstić information content (AvgIpc) is 3.34. The first kappa shape index (κ1) is 24.6. The smallest absolute Gasteiger partial charge is 0.255 e. The Balaban J connectivity index is 1.36. The Bertz CT molecular complexity index is 1180. The van der Waals surface area contributed by atoms with Crippen LogP contribution in [0.1, 0.15) is 40.9 Å². The number of hydrogen-bond donors (Lipinski definition) is 3. The van der Waals surface area contributed by atoms with Gasteiger partial charge in [0.15, 0.2) is 0 Å². The monoisotopic (exact) mass is 496 g/mol. The summed E-state index contributed by atoms with van der Waals surface area (Å²) in [6.45, 7) is 2.37. The van der Waals surface area contributed by atoms with Crippen LogP contribution in [-0.4, -0.2) is 45.6 Å². The van der Waals surface area contributed by atoms with Crippen molar-refractivity contribution in [2.24, 2.45) is 0 Å². The SMILES string of the molecule is CC(O)c1ccc(Oc2ccc(CNC(=O)C3(NC(=O)c4cncnc4)CCOC3)cc2)c(Cl)c1. The minimum Gasteiger partial charge on any atom is -0.456 e. The summed E-state index contributed by atoms with van der Waals surface area (Å²) < 4.78 is 11.3. The van der Waals surface area contributed by atoms with Crippen molar-refractivity contribution >= 4 is 23.4 Å². The van der Waals surface area contributed by atoms with Gasteiger partial charge in [-0.25, -0.2) is 9.97 Å². The second-order valence-corrected chi connectivity index (χ2v) is 8.67. The summed E-state index contributed by atoms with van der Waals surface area (Å²) in [5, 5.41) is 15.7. The number of aliphatic hydroxyl groups is 1. The highest BCUT2D eigenvalue weighted by Gasteiger charge is 2.43. The first-order chi connectivity index (χ1) is 16.9. The van der Waals surface area contributed by atoms with Crippen LogP contribution in [0.2, 0.25) is 5.02 Å². The molecule has 2 unspecified atom stereocenters. The second-order valence-electron chi connectivity index (χ2n) is 8.26. The van der Waals surface area contributed by atoms with Gasteiger partial charge in [-0.2, -0.15) is 0 Å². The minimum atomic E-state index is -1.16. The number of ether oxygens (including phenoxy) is 2. The standard InChI is InChI=1S/C25H25ClN4O5/c1-16(31)18-4-7-22(21(26)10-18)35-20-5-2-17(3-6-20)11-29-24(33)25(8-9-34-14-25)30-23(32)19-12-27-15-28-13-19/h2-7,10,12-13,15-16,31H,8-9,11,14H2,1H3,(H,29,33)(H,30,32). The number of aliphatic hydroxyl groups excluding tert-OH is 1. The quantitative estimate of drug-likeness (QED) is 0.437. The molecule has 1 fully saturated rings. The highest BCUT2D eigenvalue weighted by Crippen LogP contribution is 2.31. The summed E-state index contributed by atoms with van der Waals surface area (Å²) >= 11 is 6.26. The van der Waals surface area contributed by atoms with Crippen molar-refractivity contribution in [3.8, 4) is 11.5 Å². The Labute approximate surface area is 207 Å². The van der Waals surface area contributed by atoms with E-state index in [1.165, 1.54) is 18.7 Å². The van der Waals surface area contributed by atoms with Crippen LogP contribution in [0.4, 0.5) is 0 Å². The van der Waals surface area contributed by atoms with E-state index in [0.717, 1.165) is 5.56 Å². The third kappa shape index (κ3) is 5.94. The minimum absolute atomic E-state index is 0.0830. The van der Waals surface area contributed by atoms with Crippen molar-refractivity contribution in [2.45, 2.75) is 31.5 Å². The van der Waals surface area contributed by atoms with Crippen LogP contribution in [0.5, 0.6) is 11.5 Å². The van der Waals surface area contributed by atoms with Crippen LogP contribution in [-0.2, 0) is 16.1 Å². The molecule has 3 N–H and O–H groups in total. The van der Waals surface area contributed by atoms with Crippen LogP contribution >= 0.6 is 11.6 Å². The number of aromatic nitrogens is 2. The molecule has 0 radical (unpaired) electrons. The molecule has 0 bridgehead atoms. The lowest BCUT2D eigenvalue weighted by Gasteiger charge is -2.27. The van der Waals surface area contributed by atoms with Gasteiger partial charge in [0.05, 0.1) is 23.3 Å². The summed E-state index contributed by atoms with van der Waals surface area (Å²) in [5.74, 6) is 0.281. The van der Waals surface area contributed by atoms with E-state index < -0.39 is 17.6 Å². The summed E-state index contributed by atoms with van der Waals surface area (Å²) in [6, 6.07) is 12.3. The second kappa shape index (κ2) is 10.8. The largest absolute Gasteiger partial charge is 0.456 e. The predicted molar refractivity (Wildman–Crippen MR) is 128 cm³/mol. The number of nitrogens with one attached hydrogen (secondary N) is 2. The topological polar surface area (TPSA) is 123 Å². The lowest BCUT2D eigenvalue weighted by molar-refractivity contribution is -0.127. The maximum absolute atomic E-state index is 13.0. The normalized spacial score (nSPS) is 18.0. The van der Waals surface area contributed by atoms with Crippen molar-refractivity contribution in [1.29, 1.82) is 0 Å². The number of halogens is 1. The Morgan fingerprint density at radius 1 is 1.20 bits per heavy atom. The third-order valence-electron chi connectivity index (χ3n) is 5.67. The molecule has 0 saturated carbocycles. The van der Waals surface area contributed by atoms with Crippen LogP contribution in [0, 0.1) is 0 Å². The summed E-state index contributed by atoms with van der Waals surface area (Å²) in [5.41, 5.74) is 0.651. The number of carbonyl (C=O) groups is 2. The molecule has 35 heavy (non-hydrogen) atoms. The molecule has 2 aromatic carbocycles. The molecule has 1 saturated heterocycles. The fourth-order valence-electron chi connectivity index (χ4n) is 3.62. The molecule has 2 amide bonds. The average molecular weight is 497 g/mol. The van der Waals surface area contributed by atoms with Crippen molar-refractivity contribution in [2.75, 3.05) is 13.2 Å². The van der Waals surface area contributed by atoms with E-state index in [1.807, 2.05) is 12.1 Å². The van der Waals surface area contributed by atoms with Gasteiger partial charge in [-0.05, 0) is 42.3 Å². The van der Waals surface area contributed by atoms with Crippen LogP contribution < -0.4 is 15.4 Å². The van der Waals surface area contributed by atoms with Crippen molar-refractivity contribution in [3.05, 3.63) is 82.9 Å². The zero-order valence-corrected chi connectivity index (χ0v) is 19.8. The van der Waals surface area contributed by atoms with Gasteiger partial charge < -0.3 is 25.2 Å². The van der Waals surface area contributed by atoms with Gasteiger partial charge in [0, 0.05) is 32.0 Å². The first-order valence-electron chi connectivity index (χ1n) is 11.0.